The normalized spacial score (nSPS) is 28.4. The Labute approximate surface area is 122 Å². The number of hydrogen-bond acceptors (Lipinski definition) is 3. The number of carbonyl (C=O) groups is 1. The summed E-state index contributed by atoms with van der Waals surface area (Å²) in [6, 6.07) is 0. The lowest BCUT2D eigenvalue weighted by Gasteiger charge is -2.35. The Morgan fingerprint density at radius 3 is 2.60 bits per heavy atom. The summed E-state index contributed by atoms with van der Waals surface area (Å²) in [5, 5.41) is 9.58. The molecule has 2 unspecified atom stereocenters. The highest BCUT2D eigenvalue weighted by atomic mass is 16.5. The predicted molar refractivity (Wildman–Crippen MR) is 78.6 cm³/mol. The Bertz CT molecular complexity index is 339. The first-order chi connectivity index (χ1) is 9.56. The number of rotatable bonds is 6. The fraction of sp³-hybridized carbons (Fsp3) is 0.938. The Hall–Kier alpha value is -0.610. The summed E-state index contributed by atoms with van der Waals surface area (Å²) in [5.41, 5.74) is 5.08. The maximum Gasteiger partial charge on any atom is 0.311 e. The van der Waals surface area contributed by atoms with Crippen molar-refractivity contribution in [3.8, 4) is 0 Å². The van der Waals surface area contributed by atoms with E-state index in [4.69, 9.17) is 10.5 Å². The van der Waals surface area contributed by atoms with Crippen LogP contribution in [-0.4, -0.2) is 29.3 Å². The van der Waals surface area contributed by atoms with Crippen LogP contribution in [0.4, 0.5) is 0 Å². The fourth-order valence-corrected chi connectivity index (χ4v) is 4.09. The highest BCUT2D eigenvalue weighted by Gasteiger charge is 2.45. The van der Waals surface area contributed by atoms with Crippen molar-refractivity contribution >= 4 is 5.97 Å². The minimum absolute atomic E-state index is 0.0635. The lowest BCUT2D eigenvalue weighted by molar-refractivity contribution is -0.153. The minimum Gasteiger partial charge on any atom is -0.481 e. The first-order valence-corrected chi connectivity index (χ1v) is 8.17. The second-order valence-corrected chi connectivity index (χ2v) is 6.77. The van der Waals surface area contributed by atoms with Crippen LogP contribution >= 0.6 is 0 Å². The maximum atomic E-state index is 11.7. The van der Waals surface area contributed by atoms with Gasteiger partial charge in [0, 0.05) is 6.54 Å². The first kappa shape index (κ1) is 15.8. The van der Waals surface area contributed by atoms with Crippen LogP contribution in [0.15, 0.2) is 0 Å². The molecule has 2 rings (SSSR count). The topological polar surface area (TPSA) is 72.5 Å². The number of aliphatic carboxylic acids is 1. The zero-order valence-electron chi connectivity index (χ0n) is 12.7. The molecule has 0 aromatic rings. The average Bonchev–Trinajstić information content (AvgIpc) is 2.81. The lowest BCUT2D eigenvalue weighted by Crippen LogP contribution is -2.42. The minimum atomic E-state index is -0.792. The van der Waals surface area contributed by atoms with Gasteiger partial charge >= 0.3 is 5.97 Å². The van der Waals surface area contributed by atoms with Crippen molar-refractivity contribution < 1.29 is 14.6 Å². The molecular weight excluding hydrogens is 254 g/mol. The van der Waals surface area contributed by atoms with E-state index in [0.717, 1.165) is 32.1 Å². The summed E-state index contributed by atoms with van der Waals surface area (Å²) in [6.45, 7) is 2.23. The van der Waals surface area contributed by atoms with Gasteiger partial charge in [-0.05, 0) is 38.5 Å². The summed E-state index contributed by atoms with van der Waals surface area (Å²) in [7, 11) is 0. The zero-order valence-corrected chi connectivity index (χ0v) is 12.7. The molecule has 1 saturated carbocycles. The largest absolute Gasteiger partial charge is 0.481 e. The fourth-order valence-electron chi connectivity index (χ4n) is 4.09. The van der Waals surface area contributed by atoms with Gasteiger partial charge in [0.1, 0.15) is 0 Å². The van der Waals surface area contributed by atoms with E-state index in [2.05, 4.69) is 0 Å². The monoisotopic (exact) mass is 283 g/mol. The van der Waals surface area contributed by atoms with Gasteiger partial charge in [-0.1, -0.05) is 32.6 Å². The van der Waals surface area contributed by atoms with Crippen molar-refractivity contribution in [2.24, 2.45) is 11.1 Å². The van der Waals surface area contributed by atoms with Gasteiger partial charge < -0.3 is 15.6 Å². The van der Waals surface area contributed by atoms with Crippen molar-refractivity contribution in [3.05, 3.63) is 0 Å². The molecule has 1 saturated heterocycles. The van der Waals surface area contributed by atoms with E-state index in [9.17, 15) is 9.90 Å². The van der Waals surface area contributed by atoms with Gasteiger partial charge in [-0.25, -0.2) is 0 Å². The molecule has 2 aliphatic rings. The first-order valence-electron chi connectivity index (χ1n) is 8.17. The van der Waals surface area contributed by atoms with E-state index in [-0.39, 0.29) is 18.2 Å². The Morgan fingerprint density at radius 2 is 2.05 bits per heavy atom. The van der Waals surface area contributed by atoms with E-state index in [1.807, 2.05) is 6.92 Å². The highest BCUT2D eigenvalue weighted by molar-refractivity contribution is 5.75. The molecule has 0 amide bonds. The quantitative estimate of drug-likeness (QED) is 0.785. The van der Waals surface area contributed by atoms with Crippen LogP contribution in [0.1, 0.15) is 71.1 Å². The van der Waals surface area contributed by atoms with E-state index in [0.29, 0.717) is 12.8 Å². The second kappa shape index (κ2) is 6.44. The van der Waals surface area contributed by atoms with Gasteiger partial charge in [-0.2, -0.15) is 0 Å². The number of nitrogens with two attached hydrogens (primary N) is 1. The third-order valence-corrected chi connectivity index (χ3v) is 5.29. The van der Waals surface area contributed by atoms with Crippen molar-refractivity contribution in [3.63, 3.8) is 0 Å². The van der Waals surface area contributed by atoms with Gasteiger partial charge in [-0.15, -0.1) is 0 Å². The highest BCUT2D eigenvalue weighted by Crippen LogP contribution is 2.45. The zero-order chi connectivity index (χ0) is 14.6. The molecule has 0 bridgehead atoms. The van der Waals surface area contributed by atoms with Crippen LogP contribution in [0.2, 0.25) is 0 Å². The van der Waals surface area contributed by atoms with Crippen molar-refractivity contribution in [1.29, 1.82) is 0 Å². The summed E-state index contributed by atoms with van der Waals surface area (Å²) in [4.78, 5) is 11.7. The summed E-state index contributed by atoms with van der Waals surface area (Å²) in [6.07, 6.45) is 10.4. The predicted octanol–water partition coefficient (Wildman–Crippen LogP) is 3.09. The molecule has 20 heavy (non-hydrogen) atoms. The van der Waals surface area contributed by atoms with Gasteiger partial charge in [0.15, 0.2) is 0 Å². The molecule has 1 aliphatic heterocycles. The molecule has 0 radical (unpaired) electrons. The average molecular weight is 283 g/mol. The Balaban J connectivity index is 2.00. The van der Waals surface area contributed by atoms with Crippen LogP contribution in [0.3, 0.4) is 0 Å². The molecule has 0 aromatic carbocycles. The van der Waals surface area contributed by atoms with E-state index in [1.165, 1.54) is 19.3 Å². The van der Waals surface area contributed by atoms with E-state index < -0.39 is 11.4 Å². The number of hydrogen-bond donors (Lipinski definition) is 2. The molecule has 1 aliphatic carbocycles. The summed E-state index contributed by atoms with van der Waals surface area (Å²) < 4.78 is 6.32. The van der Waals surface area contributed by atoms with Crippen LogP contribution in [0, 0.1) is 5.41 Å². The Morgan fingerprint density at radius 1 is 1.35 bits per heavy atom. The molecule has 0 aromatic heterocycles. The van der Waals surface area contributed by atoms with Gasteiger partial charge in [0.2, 0.25) is 0 Å². The summed E-state index contributed by atoms with van der Waals surface area (Å²) >= 11 is 0. The maximum absolute atomic E-state index is 11.7. The van der Waals surface area contributed by atoms with Gasteiger partial charge in [0.25, 0.3) is 0 Å². The van der Waals surface area contributed by atoms with E-state index in [1.54, 1.807) is 0 Å². The number of ether oxygens (including phenoxy) is 1. The molecule has 1 heterocycles. The molecule has 3 N–H and O–H groups in total. The molecule has 1 spiro atoms. The molecule has 2 atom stereocenters. The molecular formula is C16H29NO3. The molecule has 2 fully saturated rings. The molecule has 4 nitrogen and oxygen atoms in total. The van der Waals surface area contributed by atoms with Crippen molar-refractivity contribution in [2.75, 3.05) is 6.54 Å². The van der Waals surface area contributed by atoms with Crippen LogP contribution in [-0.2, 0) is 9.53 Å². The molecule has 4 heteroatoms. The van der Waals surface area contributed by atoms with Crippen LogP contribution in [0.25, 0.3) is 0 Å². The SMILES string of the molecule is CCCC(CN)(CC1CCC2(CCCCC2)O1)C(=O)O. The van der Waals surface area contributed by atoms with Crippen molar-refractivity contribution in [1.82, 2.24) is 0 Å². The third-order valence-electron chi connectivity index (χ3n) is 5.29. The van der Waals surface area contributed by atoms with Crippen molar-refractivity contribution in [2.45, 2.75) is 82.8 Å². The van der Waals surface area contributed by atoms with Crippen LogP contribution in [0.5, 0.6) is 0 Å². The third kappa shape index (κ3) is 3.17. The van der Waals surface area contributed by atoms with Gasteiger partial charge in [-0.3, -0.25) is 4.79 Å². The smallest absolute Gasteiger partial charge is 0.311 e. The van der Waals surface area contributed by atoms with E-state index >= 15 is 0 Å². The lowest BCUT2D eigenvalue weighted by atomic mass is 9.77. The molecule has 116 valence electrons. The number of carboxylic acid groups (broad SMARTS) is 1. The van der Waals surface area contributed by atoms with Crippen LogP contribution < -0.4 is 5.73 Å². The van der Waals surface area contributed by atoms with Gasteiger partial charge in [0.05, 0.1) is 17.1 Å². The Kier molecular flexibility index (Phi) is 5.08. The second-order valence-electron chi connectivity index (χ2n) is 6.77. The summed E-state index contributed by atoms with van der Waals surface area (Å²) in [5.74, 6) is -0.755. The number of carboxylic acids is 1. The standard InChI is InChI=1S/C16H29NO3/c1-2-7-15(12-17,14(18)19)11-13-6-10-16(20-13)8-4-3-5-9-16/h13H,2-12,17H2,1H3,(H,18,19).